The van der Waals surface area contributed by atoms with Crippen LogP contribution in [-0.4, -0.2) is 55.7 Å². The molecule has 1 fully saturated rings. The summed E-state index contributed by atoms with van der Waals surface area (Å²) in [5.74, 6) is 0.976. The Hall–Kier alpha value is -3.58. The van der Waals surface area contributed by atoms with E-state index >= 15 is 0 Å². The molecule has 1 aliphatic heterocycles. The molecule has 7 nitrogen and oxygen atoms in total. The fraction of sp³-hybridized carbons (Fsp3) is 0.400. The lowest BCUT2D eigenvalue weighted by Crippen LogP contribution is -2.45. The van der Waals surface area contributed by atoms with Gasteiger partial charge in [-0.2, -0.15) is 0 Å². The Morgan fingerprint density at radius 3 is 2.41 bits per heavy atom. The number of hydrogen-bond donors (Lipinski definition) is 1. The first-order valence-electron chi connectivity index (χ1n) is 12.7. The van der Waals surface area contributed by atoms with Gasteiger partial charge in [0.1, 0.15) is 5.60 Å². The third-order valence-corrected chi connectivity index (χ3v) is 6.60. The molecule has 0 aromatic heterocycles. The van der Waals surface area contributed by atoms with E-state index in [1.807, 2.05) is 57.2 Å². The van der Waals surface area contributed by atoms with Crippen LogP contribution in [0.3, 0.4) is 0 Å². The van der Waals surface area contributed by atoms with E-state index in [1.165, 1.54) is 0 Å². The van der Waals surface area contributed by atoms with Crippen LogP contribution >= 0.6 is 0 Å². The van der Waals surface area contributed by atoms with Crippen LogP contribution in [0.2, 0.25) is 0 Å². The molecule has 1 heterocycles. The maximum Gasteiger partial charge on any atom is 0.410 e. The number of ether oxygens (including phenoxy) is 3. The molecule has 0 spiro atoms. The van der Waals surface area contributed by atoms with E-state index in [-0.39, 0.29) is 17.9 Å². The highest BCUT2D eigenvalue weighted by molar-refractivity contribution is 6.01. The zero-order valence-electron chi connectivity index (χ0n) is 22.2. The van der Waals surface area contributed by atoms with E-state index in [9.17, 15) is 9.59 Å². The van der Waals surface area contributed by atoms with Gasteiger partial charge in [0.15, 0.2) is 17.3 Å². The monoisotopic (exact) mass is 504 g/mol. The Balaban J connectivity index is 1.62. The molecule has 1 amide bonds. The molecule has 37 heavy (non-hydrogen) atoms. The number of carbonyl (C=O) groups excluding carboxylic acids is 2. The van der Waals surface area contributed by atoms with Crippen LogP contribution in [-0.2, 0) is 4.74 Å². The molecule has 0 bridgehead atoms. The molecule has 7 heteroatoms. The number of fused-ring (bicyclic) bond motifs is 1. The van der Waals surface area contributed by atoms with Crippen molar-refractivity contribution in [1.29, 1.82) is 0 Å². The summed E-state index contributed by atoms with van der Waals surface area (Å²) in [5, 5.41) is 5.65. The van der Waals surface area contributed by atoms with Crippen molar-refractivity contribution in [3.63, 3.8) is 0 Å². The summed E-state index contributed by atoms with van der Waals surface area (Å²) in [6.07, 6.45) is 1.43. The van der Waals surface area contributed by atoms with E-state index in [0.29, 0.717) is 30.2 Å². The molecular weight excluding hydrogens is 468 g/mol. The molecule has 2 atom stereocenters. The topological polar surface area (TPSA) is 77.1 Å². The van der Waals surface area contributed by atoms with Gasteiger partial charge in [0.25, 0.3) is 0 Å². The van der Waals surface area contributed by atoms with Crippen molar-refractivity contribution in [2.45, 2.75) is 51.3 Å². The van der Waals surface area contributed by atoms with Crippen molar-refractivity contribution in [3.8, 4) is 11.5 Å². The first-order chi connectivity index (χ1) is 17.7. The summed E-state index contributed by atoms with van der Waals surface area (Å²) < 4.78 is 16.4. The highest BCUT2D eigenvalue weighted by Crippen LogP contribution is 2.31. The number of Topliss-reactive ketones (excluding diaryl/α,β-unsaturated/α-hetero) is 1. The van der Waals surface area contributed by atoms with Crippen LogP contribution in [0.5, 0.6) is 11.5 Å². The summed E-state index contributed by atoms with van der Waals surface area (Å²) in [5.41, 5.74) is 0.813. The first-order valence-corrected chi connectivity index (χ1v) is 12.7. The Bertz CT molecular complexity index is 1270. The summed E-state index contributed by atoms with van der Waals surface area (Å²) in [4.78, 5) is 28.5. The number of methoxy groups -OCH3 is 2. The van der Waals surface area contributed by atoms with Gasteiger partial charge in [0.2, 0.25) is 0 Å². The van der Waals surface area contributed by atoms with E-state index in [1.54, 1.807) is 37.3 Å². The van der Waals surface area contributed by atoms with Crippen molar-refractivity contribution in [2.24, 2.45) is 0 Å². The van der Waals surface area contributed by atoms with E-state index < -0.39 is 11.6 Å². The van der Waals surface area contributed by atoms with E-state index in [0.717, 1.165) is 29.2 Å². The van der Waals surface area contributed by atoms with Crippen molar-refractivity contribution < 1.29 is 23.8 Å². The second-order valence-corrected chi connectivity index (χ2v) is 10.4. The smallest absolute Gasteiger partial charge is 0.410 e. The number of nitrogens with zero attached hydrogens (tertiary/aromatic N) is 1. The van der Waals surface area contributed by atoms with E-state index in [4.69, 9.17) is 14.2 Å². The third kappa shape index (κ3) is 6.23. The maximum absolute atomic E-state index is 13.9. The number of amides is 1. The van der Waals surface area contributed by atoms with Gasteiger partial charge in [-0.05, 0) is 74.2 Å². The van der Waals surface area contributed by atoms with Crippen molar-refractivity contribution in [1.82, 2.24) is 10.2 Å². The lowest BCUT2D eigenvalue weighted by atomic mass is 9.94. The second kappa shape index (κ2) is 11.2. The van der Waals surface area contributed by atoms with Gasteiger partial charge in [0.05, 0.1) is 20.3 Å². The minimum atomic E-state index is -0.608. The molecule has 1 unspecified atom stereocenters. The lowest BCUT2D eigenvalue weighted by molar-refractivity contribution is 0.0225. The van der Waals surface area contributed by atoms with Crippen LogP contribution in [0.15, 0.2) is 60.7 Å². The zero-order chi connectivity index (χ0) is 26.6. The number of likely N-dealkylation sites (tertiary alicyclic amines) is 1. The van der Waals surface area contributed by atoms with Gasteiger partial charge in [-0.15, -0.1) is 0 Å². The summed E-state index contributed by atoms with van der Waals surface area (Å²) in [6.45, 7) is 6.71. The van der Waals surface area contributed by atoms with Crippen LogP contribution in [0.25, 0.3) is 10.8 Å². The number of benzene rings is 3. The molecule has 0 radical (unpaired) electrons. The van der Waals surface area contributed by atoms with Crippen LogP contribution < -0.4 is 14.8 Å². The van der Waals surface area contributed by atoms with Gasteiger partial charge >= 0.3 is 6.09 Å². The summed E-state index contributed by atoms with van der Waals surface area (Å²) in [6, 6.07) is 18.7. The van der Waals surface area contributed by atoms with Crippen molar-refractivity contribution in [2.75, 3.05) is 27.3 Å². The van der Waals surface area contributed by atoms with Gasteiger partial charge in [-0.25, -0.2) is 4.79 Å². The van der Waals surface area contributed by atoms with Gasteiger partial charge in [-0.1, -0.05) is 36.4 Å². The fourth-order valence-electron chi connectivity index (χ4n) is 4.77. The average Bonchev–Trinajstić information content (AvgIpc) is 3.36. The highest BCUT2D eigenvalue weighted by Gasteiger charge is 2.33. The average molecular weight is 505 g/mol. The molecule has 3 aromatic carbocycles. The van der Waals surface area contributed by atoms with Gasteiger partial charge in [0, 0.05) is 24.7 Å². The van der Waals surface area contributed by atoms with Crippen LogP contribution in [0.1, 0.15) is 55.6 Å². The summed E-state index contributed by atoms with van der Waals surface area (Å²) in [7, 11) is 3.12. The Kier molecular flexibility index (Phi) is 8.03. The summed E-state index contributed by atoms with van der Waals surface area (Å²) >= 11 is 0. The third-order valence-electron chi connectivity index (χ3n) is 6.60. The standard InChI is InChI=1S/C30H36N2O5/c1-30(2,3)37-29(34)32-16-8-11-24(32)19-31-27(22-13-12-20-9-6-7-10-21(20)17-22)28(33)23-14-15-25(35-4)26(18-23)36-5/h6-7,9-10,12-15,17-18,24,27,31H,8,11,16,19H2,1-5H3/t24?,27-/m0/s1. The second-order valence-electron chi connectivity index (χ2n) is 10.4. The number of nitrogens with one attached hydrogen (secondary N) is 1. The minimum absolute atomic E-state index is 0.0593. The molecule has 0 saturated carbocycles. The van der Waals surface area contributed by atoms with Gasteiger partial charge < -0.3 is 24.4 Å². The molecule has 1 saturated heterocycles. The Labute approximate surface area is 218 Å². The molecule has 3 aromatic rings. The van der Waals surface area contributed by atoms with Crippen LogP contribution in [0, 0.1) is 0 Å². The normalized spacial score (nSPS) is 16.5. The predicted octanol–water partition coefficient (Wildman–Crippen LogP) is 5.77. The van der Waals surface area contributed by atoms with Gasteiger partial charge in [-0.3, -0.25) is 4.79 Å². The largest absolute Gasteiger partial charge is 0.493 e. The lowest BCUT2D eigenvalue weighted by Gasteiger charge is -2.30. The number of hydrogen-bond acceptors (Lipinski definition) is 6. The highest BCUT2D eigenvalue weighted by atomic mass is 16.6. The predicted molar refractivity (Wildman–Crippen MR) is 145 cm³/mol. The Morgan fingerprint density at radius 1 is 0.973 bits per heavy atom. The Morgan fingerprint density at radius 2 is 1.70 bits per heavy atom. The molecular formula is C30H36N2O5. The SMILES string of the molecule is COc1ccc(C(=O)[C@@H](NCC2CCCN2C(=O)OC(C)(C)C)c2ccc3ccccc3c2)cc1OC. The first kappa shape index (κ1) is 26.5. The van der Waals surface area contributed by atoms with Crippen molar-refractivity contribution in [3.05, 3.63) is 71.8 Å². The number of carbonyl (C=O) groups is 2. The molecule has 1 N–H and O–H groups in total. The quantitative estimate of drug-likeness (QED) is 0.393. The maximum atomic E-state index is 13.9. The zero-order valence-corrected chi connectivity index (χ0v) is 22.2. The van der Waals surface area contributed by atoms with E-state index in [2.05, 4.69) is 11.4 Å². The van der Waals surface area contributed by atoms with Crippen LogP contribution in [0.4, 0.5) is 4.79 Å². The molecule has 1 aliphatic rings. The fourth-order valence-corrected chi connectivity index (χ4v) is 4.77. The molecule has 4 rings (SSSR count). The minimum Gasteiger partial charge on any atom is -0.493 e. The molecule has 196 valence electrons. The van der Waals surface area contributed by atoms with Crippen molar-refractivity contribution >= 4 is 22.6 Å². The molecule has 0 aliphatic carbocycles. The number of rotatable bonds is 8. The number of ketones is 1.